The number of halogens is 1. The van der Waals surface area contributed by atoms with Crippen LogP contribution in [-0.2, 0) is 11.3 Å². The molecule has 0 radical (unpaired) electrons. The van der Waals surface area contributed by atoms with Gasteiger partial charge in [-0.3, -0.25) is 0 Å². The fourth-order valence-corrected chi connectivity index (χ4v) is 1.96. The summed E-state index contributed by atoms with van der Waals surface area (Å²) in [7, 11) is 1.67. The predicted molar refractivity (Wildman–Crippen MR) is 74.4 cm³/mol. The van der Waals surface area contributed by atoms with E-state index in [2.05, 4.69) is 36.7 Å². The Morgan fingerprint density at radius 1 is 1.24 bits per heavy atom. The molecule has 0 N–H and O–H groups in total. The molecule has 0 heterocycles. The third-order valence-electron chi connectivity index (χ3n) is 2.48. The van der Waals surface area contributed by atoms with Gasteiger partial charge in [-0.05, 0) is 45.5 Å². The van der Waals surface area contributed by atoms with Gasteiger partial charge in [0.1, 0.15) is 5.75 Å². The Kier molecular flexibility index (Phi) is 5.47. The lowest BCUT2D eigenvalue weighted by atomic mass is 9.93. The first kappa shape index (κ1) is 14.5. The molecule has 2 nitrogen and oxygen atoms in total. The molecule has 0 amide bonds. The number of hydrogen-bond acceptors (Lipinski definition) is 2. The summed E-state index contributed by atoms with van der Waals surface area (Å²) in [6.45, 7) is 8.12. The molecular weight excluding hydrogens is 280 g/mol. The minimum atomic E-state index is 0.334. The molecule has 0 saturated carbocycles. The van der Waals surface area contributed by atoms with Gasteiger partial charge in [-0.1, -0.05) is 26.8 Å². The first-order valence-corrected chi connectivity index (χ1v) is 6.62. The molecule has 1 rings (SSSR count). The van der Waals surface area contributed by atoms with E-state index in [0.717, 1.165) is 28.8 Å². The van der Waals surface area contributed by atoms with Gasteiger partial charge in [0.05, 0.1) is 18.2 Å². The van der Waals surface area contributed by atoms with E-state index >= 15 is 0 Å². The molecular formula is C14H21BrO2. The zero-order valence-corrected chi connectivity index (χ0v) is 12.6. The summed E-state index contributed by atoms with van der Waals surface area (Å²) < 4.78 is 11.8. The van der Waals surface area contributed by atoms with Crippen LogP contribution in [-0.4, -0.2) is 13.7 Å². The normalized spacial score (nSPS) is 11.6. The van der Waals surface area contributed by atoms with Crippen molar-refractivity contribution in [2.75, 3.05) is 13.7 Å². The van der Waals surface area contributed by atoms with Crippen LogP contribution in [0.2, 0.25) is 0 Å². The molecule has 17 heavy (non-hydrogen) atoms. The molecule has 0 aliphatic heterocycles. The highest BCUT2D eigenvalue weighted by Crippen LogP contribution is 2.26. The zero-order valence-electron chi connectivity index (χ0n) is 11.0. The van der Waals surface area contributed by atoms with Gasteiger partial charge in [0.2, 0.25) is 0 Å². The number of benzene rings is 1. The van der Waals surface area contributed by atoms with Crippen LogP contribution in [0.4, 0.5) is 0 Å². The highest BCUT2D eigenvalue weighted by molar-refractivity contribution is 9.10. The summed E-state index contributed by atoms with van der Waals surface area (Å²) in [5.41, 5.74) is 1.49. The lowest BCUT2D eigenvalue weighted by Gasteiger charge is -2.17. The second-order valence-electron chi connectivity index (χ2n) is 5.33. The maximum absolute atomic E-state index is 5.66. The van der Waals surface area contributed by atoms with Crippen molar-refractivity contribution in [2.24, 2.45) is 5.41 Å². The third kappa shape index (κ3) is 5.55. The molecule has 0 spiro atoms. The molecule has 96 valence electrons. The van der Waals surface area contributed by atoms with E-state index in [1.165, 1.54) is 0 Å². The minimum absolute atomic E-state index is 0.334. The average Bonchev–Trinajstić information content (AvgIpc) is 2.23. The highest BCUT2D eigenvalue weighted by Gasteiger charge is 2.09. The van der Waals surface area contributed by atoms with Gasteiger partial charge in [0.25, 0.3) is 0 Å². The molecule has 1 aromatic carbocycles. The topological polar surface area (TPSA) is 18.5 Å². The zero-order chi connectivity index (χ0) is 12.9. The van der Waals surface area contributed by atoms with Crippen molar-refractivity contribution >= 4 is 15.9 Å². The van der Waals surface area contributed by atoms with Crippen LogP contribution in [0, 0.1) is 5.41 Å². The number of rotatable bonds is 5. The van der Waals surface area contributed by atoms with E-state index in [4.69, 9.17) is 9.47 Å². The molecule has 0 atom stereocenters. The number of hydrogen-bond donors (Lipinski definition) is 0. The molecule has 0 aliphatic carbocycles. The maximum Gasteiger partial charge on any atom is 0.133 e. The van der Waals surface area contributed by atoms with Gasteiger partial charge in [-0.15, -0.1) is 0 Å². The summed E-state index contributed by atoms with van der Waals surface area (Å²) in [5, 5.41) is 0. The quantitative estimate of drug-likeness (QED) is 0.750. The number of ether oxygens (including phenoxy) is 2. The predicted octanol–water partition coefficient (Wildman–Crippen LogP) is 4.41. The second-order valence-corrected chi connectivity index (χ2v) is 6.19. The Hall–Kier alpha value is -0.540. The van der Waals surface area contributed by atoms with E-state index in [0.29, 0.717) is 12.0 Å². The molecule has 3 heteroatoms. The van der Waals surface area contributed by atoms with Crippen molar-refractivity contribution in [3.63, 3.8) is 0 Å². The summed E-state index contributed by atoms with van der Waals surface area (Å²) >= 11 is 3.47. The smallest absolute Gasteiger partial charge is 0.133 e. The Labute approximate surface area is 112 Å². The first-order chi connectivity index (χ1) is 7.92. The van der Waals surface area contributed by atoms with Gasteiger partial charge in [0, 0.05) is 6.61 Å². The lowest BCUT2D eigenvalue weighted by Crippen LogP contribution is -2.09. The summed E-state index contributed by atoms with van der Waals surface area (Å²) in [4.78, 5) is 0. The maximum atomic E-state index is 5.66. The van der Waals surface area contributed by atoms with Crippen LogP contribution >= 0.6 is 15.9 Å². The standard InChI is InChI=1S/C14H21BrO2/c1-14(2,3)7-8-17-10-11-5-6-13(16-4)12(15)9-11/h5-6,9H,7-8,10H2,1-4H3. The molecule has 0 aromatic heterocycles. The van der Waals surface area contributed by atoms with Gasteiger partial charge in [0.15, 0.2) is 0 Å². The lowest BCUT2D eigenvalue weighted by molar-refractivity contribution is 0.0962. The van der Waals surface area contributed by atoms with Crippen LogP contribution in [0.25, 0.3) is 0 Å². The van der Waals surface area contributed by atoms with Gasteiger partial charge >= 0.3 is 0 Å². The van der Waals surface area contributed by atoms with Crippen molar-refractivity contribution < 1.29 is 9.47 Å². The van der Waals surface area contributed by atoms with E-state index < -0.39 is 0 Å². The van der Waals surface area contributed by atoms with Crippen molar-refractivity contribution in [3.05, 3.63) is 28.2 Å². The van der Waals surface area contributed by atoms with E-state index in [9.17, 15) is 0 Å². The summed E-state index contributed by atoms with van der Waals surface area (Å²) in [6.07, 6.45) is 1.07. The molecule has 0 fully saturated rings. The molecule has 1 aromatic rings. The largest absolute Gasteiger partial charge is 0.496 e. The molecule has 0 saturated heterocycles. The van der Waals surface area contributed by atoms with Gasteiger partial charge < -0.3 is 9.47 Å². The van der Waals surface area contributed by atoms with Crippen molar-refractivity contribution in [2.45, 2.75) is 33.8 Å². The van der Waals surface area contributed by atoms with Gasteiger partial charge in [-0.2, -0.15) is 0 Å². The Morgan fingerprint density at radius 2 is 1.94 bits per heavy atom. The Balaban J connectivity index is 2.40. The molecule has 0 aliphatic rings. The minimum Gasteiger partial charge on any atom is -0.496 e. The van der Waals surface area contributed by atoms with Crippen LogP contribution in [0.1, 0.15) is 32.8 Å². The second kappa shape index (κ2) is 6.41. The van der Waals surface area contributed by atoms with Crippen molar-refractivity contribution in [1.82, 2.24) is 0 Å². The van der Waals surface area contributed by atoms with Gasteiger partial charge in [-0.25, -0.2) is 0 Å². The third-order valence-corrected chi connectivity index (χ3v) is 3.10. The fourth-order valence-electron chi connectivity index (χ4n) is 1.37. The van der Waals surface area contributed by atoms with Crippen LogP contribution in [0.3, 0.4) is 0 Å². The van der Waals surface area contributed by atoms with Crippen molar-refractivity contribution in [3.8, 4) is 5.75 Å². The first-order valence-electron chi connectivity index (χ1n) is 5.82. The summed E-state index contributed by atoms with van der Waals surface area (Å²) in [6, 6.07) is 6.02. The van der Waals surface area contributed by atoms with Crippen LogP contribution < -0.4 is 4.74 Å². The molecule has 0 bridgehead atoms. The van der Waals surface area contributed by atoms with E-state index in [1.807, 2.05) is 18.2 Å². The molecule has 0 unspecified atom stereocenters. The fraction of sp³-hybridized carbons (Fsp3) is 0.571. The average molecular weight is 301 g/mol. The van der Waals surface area contributed by atoms with Crippen LogP contribution in [0.15, 0.2) is 22.7 Å². The highest BCUT2D eigenvalue weighted by atomic mass is 79.9. The van der Waals surface area contributed by atoms with E-state index in [1.54, 1.807) is 7.11 Å². The monoisotopic (exact) mass is 300 g/mol. The Bertz CT molecular complexity index is 356. The summed E-state index contributed by atoms with van der Waals surface area (Å²) in [5.74, 6) is 0.850. The Morgan fingerprint density at radius 3 is 2.47 bits per heavy atom. The van der Waals surface area contributed by atoms with Crippen molar-refractivity contribution in [1.29, 1.82) is 0 Å². The van der Waals surface area contributed by atoms with E-state index in [-0.39, 0.29) is 0 Å². The van der Waals surface area contributed by atoms with Crippen LogP contribution in [0.5, 0.6) is 5.75 Å². The number of methoxy groups -OCH3 is 1. The SMILES string of the molecule is COc1ccc(COCCC(C)(C)C)cc1Br.